The summed E-state index contributed by atoms with van der Waals surface area (Å²) in [6, 6.07) is 9.71. The number of carbonyl (C=O) groups is 1. The second-order valence-electron chi connectivity index (χ2n) is 4.37. The fourth-order valence-corrected chi connectivity index (χ4v) is 2.48. The van der Waals surface area contributed by atoms with E-state index in [1.165, 1.54) is 0 Å². The molecule has 1 aromatic rings. The predicted molar refractivity (Wildman–Crippen MR) is 67.0 cm³/mol. The van der Waals surface area contributed by atoms with Crippen molar-refractivity contribution >= 4 is 17.5 Å². The lowest BCUT2D eigenvalue weighted by atomic mass is 10.1. The first-order valence-electron chi connectivity index (χ1n) is 5.79. The van der Waals surface area contributed by atoms with Crippen molar-refractivity contribution in [2.45, 2.75) is 24.3 Å². The largest absolute Gasteiger partial charge is 0.394 e. The van der Waals surface area contributed by atoms with Gasteiger partial charge in [0.2, 0.25) is 5.91 Å². The van der Waals surface area contributed by atoms with Gasteiger partial charge in [-0.05, 0) is 12.0 Å². The molecule has 1 saturated heterocycles. The number of hydrogen-bond donors (Lipinski definition) is 1. The Kier molecular flexibility index (Phi) is 4.02. The van der Waals surface area contributed by atoms with E-state index in [1.54, 1.807) is 4.90 Å². The van der Waals surface area contributed by atoms with Crippen molar-refractivity contribution in [2.75, 3.05) is 13.2 Å². The molecule has 0 spiro atoms. The Bertz CT molecular complexity index is 382. The van der Waals surface area contributed by atoms with Gasteiger partial charge in [0.15, 0.2) is 0 Å². The van der Waals surface area contributed by atoms with Gasteiger partial charge in [0.25, 0.3) is 0 Å². The molecule has 0 bridgehead atoms. The second-order valence-corrected chi connectivity index (χ2v) is 4.99. The van der Waals surface area contributed by atoms with E-state index < -0.39 is 0 Å². The number of halogens is 1. The molecule has 1 fully saturated rings. The molecule has 2 rings (SSSR count). The minimum Gasteiger partial charge on any atom is -0.394 e. The Morgan fingerprint density at radius 1 is 1.41 bits per heavy atom. The Labute approximate surface area is 106 Å². The highest BCUT2D eigenvalue weighted by atomic mass is 35.5. The number of hydrogen-bond acceptors (Lipinski definition) is 2. The highest BCUT2D eigenvalue weighted by Gasteiger charge is 2.32. The Hall–Kier alpha value is -1.06. The average Bonchev–Trinajstić information content (AvgIpc) is 2.67. The normalized spacial score (nSPS) is 21.9. The predicted octanol–water partition coefficient (Wildman–Crippen LogP) is 1.43. The van der Waals surface area contributed by atoms with Gasteiger partial charge in [-0.25, -0.2) is 0 Å². The van der Waals surface area contributed by atoms with Crippen molar-refractivity contribution in [2.24, 2.45) is 0 Å². The number of rotatable bonds is 4. The lowest BCUT2D eigenvalue weighted by molar-refractivity contribution is -0.130. The molecule has 3 nitrogen and oxygen atoms in total. The maximum absolute atomic E-state index is 11.7. The first-order chi connectivity index (χ1) is 8.20. The summed E-state index contributed by atoms with van der Waals surface area (Å²) in [6.07, 6.45) is 1.06. The molecule has 0 saturated carbocycles. The zero-order valence-corrected chi connectivity index (χ0v) is 10.3. The fourth-order valence-electron chi connectivity index (χ4n) is 2.20. The van der Waals surface area contributed by atoms with Crippen LogP contribution >= 0.6 is 11.6 Å². The molecule has 1 aliphatic heterocycles. The van der Waals surface area contributed by atoms with Gasteiger partial charge < -0.3 is 10.0 Å². The van der Waals surface area contributed by atoms with Gasteiger partial charge in [-0.2, -0.15) is 0 Å². The third-order valence-corrected chi connectivity index (χ3v) is 3.37. The van der Waals surface area contributed by atoms with E-state index in [0.29, 0.717) is 19.4 Å². The summed E-state index contributed by atoms with van der Waals surface area (Å²) in [6.45, 7) is 0.517. The van der Waals surface area contributed by atoms with Crippen LogP contribution in [-0.2, 0) is 11.2 Å². The van der Waals surface area contributed by atoms with E-state index in [2.05, 4.69) is 0 Å². The molecule has 1 N–H and O–H groups in total. The van der Waals surface area contributed by atoms with Crippen LogP contribution in [0.1, 0.15) is 12.0 Å². The van der Waals surface area contributed by atoms with Gasteiger partial charge in [-0.1, -0.05) is 30.3 Å². The summed E-state index contributed by atoms with van der Waals surface area (Å²) in [5, 5.41) is 9.30. The Morgan fingerprint density at radius 2 is 2.12 bits per heavy atom. The molecule has 1 aliphatic rings. The minimum absolute atomic E-state index is 0.0236. The van der Waals surface area contributed by atoms with Crippen LogP contribution in [0.3, 0.4) is 0 Å². The topological polar surface area (TPSA) is 40.5 Å². The average molecular weight is 254 g/mol. The van der Waals surface area contributed by atoms with Crippen LogP contribution in [0.4, 0.5) is 0 Å². The number of benzene rings is 1. The zero-order chi connectivity index (χ0) is 12.3. The Balaban J connectivity index is 2.04. The molecule has 0 aromatic heterocycles. The maximum Gasteiger partial charge on any atom is 0.224 e. The van der Waals surface area contributed by atoms with E-state index >= 15 is 0 Å². The van der Waals surface area contributed by atoms with Gasteiger partial charge >= 0.3 is 0 Å². The molecule has 17 heavy (non-hydrogen) atoms. The molecule has 0 radical (unpaired) electrons. The van der Waals surface area contributed by atoms with Crippen LogP contribution in [0, 0.1) is 0 Å². The maximum atomic E-state index is 11.7. The van der Waals surface area contributed by atoms with Crippen molar-refractivity contribution in [1.29, 1.82) is 0 Å². The van der Waals surface area contributed by atoms with E-state index in [-0.39, 0.29) is 23.9 Å². The molecule has 1 heterocycles. The molecule has 1 aromatic carbocycles. The summed E-state index contributed by atoms with van der Waals surface area (Å²) in [4.78, 5) is 13.4. The van der Waals surface area contributed by atoms with Crippen LogP contribution in [0.5, 0.6) is 0 Å². The summed E-state index contributed by atoms with van der Waals surface area (Å²) < 4.78 is 0. The number of aliphatic hydroxyl groups is 1. The molecule has 1 unspecified atom stereocenters. The summed E-state index contributed by atoms with van der Waals surface area (Å²) in [7, 11) is 0. The minimum atomic E-state index is -0.159. The lowest BCUT2D eigenvalue weighted by Crippen LogP contribution is -2.40. The number of carbonyl (C=O) groups excluding carboxylic acids is 1. The first kappa shape index (κ1) is 12.4. The van der Waals surface area contributed by atoms with Crippen molar-refractivity contribution in [1.82, 2.24) is 4.90 Å². The second kappa shape index (κ2) is 5.52. The molecule has 92 valence electrons. The van der Waals surface area contributed by atoms with Gasteiger partial charge in [0, 0.05) is 13.0 Å². The van der Waals surface area contributed by atoms with Crippen molar-refractivity contribution < 1.29 is 9.90 Å². The number of alkyl halides is 1. The first-order valence-corrected chi connectivity index (χ1v) is 6.22. The van der Waals surface area contributed by atoms with Crippen LogP contribution in [0.15, 0.2) is 30.3 Å². The van der Waals surface area contributed by atoms with Crippen molar-refractivity contribution in [3.63, 3.8) is 0 Å². The highest BCUT2D eigenvalue weighted by Crippen LogP contribution is 2.20. The monoisotopic (exact) mass is 253 g/mol. The quantitative estimate of drug-likeness (QED) is 0.825. The van der Waals surface area contributed by atoms with Crippen LogP contribution in [0.2, 0.25) is 0 Å². The van der Waals surface area contributed by atoms with Crippen LogP contribution in [-0.4, -0.2) is 40.5 Å². The smallest absolute Gasteiger partial charge is 0.224 e. The van der Waals surface area contributed by atoms with Gasteiger partial charge in [-0.3, -0.25) is 4.79 Å². The standard InChI is InChI=1S/C13H16ClNO2/c14-11-7-13(17)15(8-11)12(9-16)6-10-4-2-1-3-5-10/h1-5,11-12,16H,6-9H2/t11?,12-/m0/s1. The SMILES string of the molecule is O=C1CC(Cl)CN1[C@H](CO)Cc1ccccc1. The third-order valence-electron chi connectivity index (χ3n) is 3.08. The van der Waals surface area contributed by atoms with Gasteiger partial charge in [0.05, 0.1) is 18.0 Å². The zero-order valence-electron chi connectivity index (χ0n) is 9.55. The van der Waals surface area contributed by atoms with Gasteiger partial charge in [-0.15, -0.1) is 11.6 Å². The Morgan fingerprint density at radius 3 is 2.65 bits per heavy atom. The number of amides is 1. The fraction of sp³-hybridized carbons (Fsp3) is 0.462. The van der Waals surface area contributed by atoms with Crippen molar-refractivity contribution in [3.05, 3.63) is 35.9 Å². The summed E-state index contributed by atoms with van der Waals surface area (Å²) in [5.74, 6) is 0.0416. The molecular weight excluding hydrogens is 238 g/mol. The highest BCUT2D eigenvalue weighted by molar-refractivity contribution is 6.22. The molecule has 2 atom stereocenters. The van der Waals surface area contributed by atoms with Crippen LogP contribution < -0.4 is 0 Å². The molecule has 4 heteroatoms. The number of nitrogens with zero attached hydrogens (tertiary/aromatic N) is 1. The molecule has 1 amide bonds. The van der Waals surface area contributed by atoms with E-state index in [9.17, 15) is 9.90 Å². The van der Waals surface area contributed by atoms with E-state index in [4.69, 9.17) is 11.6 Å². The lowest BCUT2D eigenvalue weighted by Gasteiger charge is -2.26. The van der Waals surface area contributed by atoms with Gasteiger partial charge in [0.1, 0.15) is 0 Å². The number of likely N-dealkylation sites (tertiary alicyclic amines) is 1. The van der Waals surface area contributed by atoms with Crippen LogP contribution in [0.25, 0.3) is 0 Å². The molecular formula is C13H16ClNO2. The van der Waals surface area contributed by atoms with E-state index in [0.717, 1.165) is 5.56 Å². The van der Waals surface area contributed by atoms with E-state index in [1.807, 2.05) is 30.3 Å². The summed E-state index contributed by atoms with van der Waals surface area (Å²) >= 11 is 5.96. The molecule has 0 aliphatic carbocycles. The number of aliphatic hydroxyl groups excluding tert-OH is 1. The third kappa shape index (κ3) is 2.99. The van der Waals surface area contributed by atoms with Crippen molar-refractivity contribution in [3.8, 4) is 0 Å². The summed E-state index contributed by atoms with van der Waals surface area (Å²) in [5.41, 5.74) is 1.12.